The molecule has 158 valence electrons. The van der Waals surface area contributed by atoms with Gasteiger partial charge in [-0.1, -0.05) is 6.07 Å². The molecule has 1 amide bonds. The fraction of sp³-hybridized carbons (Fsp3) is 0.524. The largest absolute Gasteiger partial charge is 0.335 e. The molecule has 2 atom stereocenters. The van der Waals surface area contributed by atoms with Gasteiger partial charge in [-0.15, -0.1) is 0 Å². The first-order chi connectivity index (χ1) is 14.5. The molecule has 9 heteroatoms. The molecule has 0 aromatic carbocycles. The third-order valence-corrected chi connectivity index (χ3v) is 6.26. The van der Waals surface area contributed by atoms with Crippen molar-refractivity contribution in [1.82, 2.24) is 30.1 Å². The lowest BCUT2D eigenvalue weighted by Gasteiger charge is -2.32. The van der Waals surface area contributed by atoms with Gasteiger partial charge in [-0.05, 0) is 18.6 Å². The van der Waals surface area contributed by atoms with Crippen molar-refractivity contribution in [1.29, 1.82) is 0 Å². The summed E-state index contributed by atoms with van der Waals surface area (Å²) in [4.78, 5) is 29.8. The van der Waals surface area contributed by atoms with Crippen LogP contribution in [0.25, 0.3) is 11.5 Å². The third-order valence-electron chi connectivity index (χ3n) is 6.26. The zero-order valence-electron chi connectivity index (χ0n) is 16.6. The molecule has 7 nitrogen and oxygen atoms in total. The van der Waals surface area contributed by atoms with Gasteiger partial charge < -0.3 is 10.2 Å². The standard InChI is InChI=1S/C21H24F2N6O/c22-21(23)5-8-29(13-21)20(30)18-9-15(11-25-18)28-7-4-16-14(12-28)10-26-19(27-16)17-3-1-2-6-24-17/h1-3,6,10,15,18,25H,4-5,7-9,11-13H2/t15-,18-/m0/s1. The number of nitrogens with one attached hydrogen (secondary N) is 1. The van der Waals surface area contributed by atoms with Gasteiger partial charge in [0.25, 0.3) is 5.92 Å². The van der Waals surface area contributed by atoms with Crippen LogP contribution in [-0.2, 0) is 17.8 Å². The van der Waals surface area contributed by atoms with E-state index in [-0.39, 0.29) is 31.0 Å². The summed E-state index contributed by atoms with van der Waals surface area (Å²) in [7, 11) is 0. The topological polar surface area (TPSA) is 74.2 Å². The highest BCUT2D eigenvalue weighted by molar-refractivity contribution is 5.82. The van der Waals surface area contributed by atoms with Crippen LogP contribution in [0.1, 0.15) is 24.1 Å². The van der Waals surface area contributed by atoms with E-state index in [0.717, 1.165) is 36.5 Å². The van der Waals surface area contributed by atoms with Crippen molar-refractivity contribution >= 4 is 5.91 Å². The smallest absolute Gasteiger partial charge is 0.267 e. The summed E-state index contributed by atoms with van der Waals surface area (Å²) in [5.41, 5.74) is 2.89. The van der Waals surface area contributed by atoms with Crippen LogP contribution in [0.2, 0.25) is 0 Å². The van der Waals surface area contributed by atoms with E-state index in [4.69, 9.17) is 4.98 Å². The molecule has 0 saturated carbocycles. The van der Waals surface area contributed by atoms with E-state index in [9.17, 15) is 13.6 Å². The van der Waals surface area contributed by atoms with E-state index in [2.05, 4.69) is 20.2 Å². The van der Waals surface area contributed by atoms with Gasteiger partial charge in [0.1, 0.15) is 5.69 Å². The van der Waals surface area contributed by atoms with E-state index in [1.807, 2.05) is 24.4 Å². The lowest BCUT2D eigenvalue weighted by molar-refractivity contribution is -0.133. The van der Waals surface area contributed by atoms with Gasteiger partial charge in [0, 0.05) is 63.0 Å². The molecule has 2 fully saturated rings. The average Bonchev–Trinajstić information content (AvgIpc) is 3.40. The van der Waals surface area contributed by atoms with E-state index in [1.165, 1.54) is 4.90 Å². The molecule has 1 N–H and O–H groups in total. The number of hydrogen-bond donors (Lipinski definition) is 1. The predicted molar refractivity (Wildman–Crippen MR) is 106 cm³/mol. The molecule has 2 aromatic heterocycles. The molecule has 0 radical (unpaired) electrons. The molecule has 2 aromatic rings. The first-order valence-corrected chi connectivity index (χ1v) is 10.4. The third kappa shape index (κ3) is 3.79. The van der Waals surface area contributed by atoms with Crippen molar-refractivity contribution in [3.8, 4) is 11.5 Å². The number of likely N-dealkylation sites (tertiary alicyclic amines) is 1. The number of carbonyl (C=O) groups excluding carboxylic acids is 1. The van der Waals surface area contributed by atoms with Gasteiger partial charge >= 0.3 is 0 Å². The summed E-state index contributed by atoms with van der Waals surface area (Å²) < 4.78 is 26.9. The number of halogens is 2. The van der Waals surface area contributed by atoms with Crippen LogP contribution in [0.15, 0.2) is 30.6 Å². The molecule has 0 unspecified atom stereocenters. The maximum atomic E-state index is 13.4. The molecule has 0 aliphatic carbocycles. The molecule has 3 aliphatic rings. The number of alkyl halides is 2. The van der Waals surface area contributed by atoms with Crippen molar-refractivity contribution in [2.24, 2.45) is 0 Å². The Bertz CT molecular complexity index is 940. The summed E-state index contributed by atoms with van der Waals surface area (Å²) in [6, 6.07) is 5.50. The van der Waals surface area contributed by atoms with Crippen LogP contribution in [0.5, 0.6) is 0 Å². The second-order valence-corrected chi connectivity index (χ2v) is 8.32. The van der Waals surface area contributed by atoms with Crippen molar-refractivity contribution < 1.29 is 13.6 Å². The zero-order chi connectivity index (χ0) is 20.7. The molecular formula is C21H24F2N6O. The van der Waals surface area contributed by atoms with Gasteiger partial charge in [0.2, 0.25) is 5.91 Å². The Kier molecular flexibility index (Phi) is 4.94. The van der Waals surface area contributed by atoms with E-state index in [0.29, 0.717) is 18.8 Å². The second kappa shape index (κ2) is 7.63. The van der Waals surface area contributed by atoms with Gasteiger partial charge in [0.05, 0.1) is 18.3 Å². The molecule has 5 heterocycles. The number of aromatic nitrogens is 3. The number of hydrogen-bond acceptors (Lipinski definition) is 6. The van der Waals surface area contributed by atoms with Crippen LogP contribution >= 0.6 is 0 Å². The van der Waals surface area contributed by atoms with Crippen LogP contribution in [0.3, 0.4) is 0 Å². The van der Waals surface area contributed by atoms with Crippen molar-refractivity contribution in [3.05, 3.63) is 41.9 Å². The Hall–Kier alpha value is -2.52. The van der Waals surface area contributed by atoms with E-state index < -0.39 is 12.5 Å². The van der Waals surface area contributed by atoms with Crippen LogP contribution in [0, 0.1) is 0 Å². The quantitative estimate of drug-likeness (QED) is 0.821. The molecule has 5 rings (SSSR count). The number of nitrogens with zero attached hydrogens (tertiary/aromatic N) is 5. The fourth-order valence-electron chi connectivity index (χ4n) is 4.60. The Balaban J connectivity index is 1.22. The molecular weight excluding hydrogens is 390 g/mol. The maximum Gasteiger partial charge on any atom is 0.267 e. The minimum Gasteiger partial charge on any atom is -0.335 e. The Morgan fingerprint density at radius 1 is 1.23 bits per heavy atom. The minimum atomic E-state index is -2.75. The maximum absolute atomic E-state index is 13.4. The normalized spacial score (nSPS) is 26.0. The molecule has 0 spiro atoms. The zero-order valence-corrected chi connectivity index (χ0v) is 16.6. The number of rotatable bonds is 3. The summed E-state index contributed by atoms with van der Waals surface area (Å²) in [6.45, 7) is 1.94. The molecule has 2 saturated heterocycles. The number of carbonyl (C=O) groups is 1. The minimum absolute atomic E-state index is 0.141. The summed E-state index contributed by atoms with van der Waals surface area (Å²) >= 11 is 0. The van der Waals surface area contributed by atoms with E-state index >= 15 is 0 Å². The van der Waals surface area contributed by atoms with Gasteiger partial charge in [0.15, 0.2) is 5.82 Å². The molecule has 0 bridgehead atoms. The summed E-state index contributed by atoms with van der Waals surface area (Å²) in [6.07, 6.45) is 4.82. The number of pyridine rings is 1. The number of fused-ring (bicyclic) bond motifs is 1. The Morgan fingerprint density at radius 2 is 2.13 bits per heavy atom. The first-order valence-electron chi connectivity index (χ1n) is 10.4. The monoisotopic (exact) mass is 414 g/mol. The Morgan fingerprint density at radius 3 is 2.90 bits per heavy atom. The second-order valence-electron chi connectivity index (χ2n) is 8.32. The molecule has 3 aliphatic heterocycles. The average molecular weight is 414 g/mol. The van der Waals surface area contributed by atoms with Crippen molar-refractivity contribution in [2.75, 3.05) is 26.2 Å². The predicted octanol–water partition coefficient (Wildman–Crippen LogP) is 1.49. The Labute approximate surface area is 173 Å². The molecule has 30 heavy (non-hydrogen) atoms. The highest BCUT2D eigenvalue weighted by Crippen LogP contribution is 2.29. The SMILES string of the molecule is O=C([C@@H]1C[C@H](N2CCc3nc(-c4ccccn4)ncc3C2)CN1)N1CCC(F)(F)C1. The lowest BCUT2D eigenvalue weighted by atomic mass is 10.0. The van der Waals surface area contributed by atoms with Crippen molar-refractivity contribution in [3.63, 3.8) is 0 Å². The van der Waals surface area contributed by atoms with Crippen LogP contribution in [-0.4, -0.2) is 74.8 Å². The lowest BCUT2D eigenvalue weighted by Crippen LogP contribution is -2.43. The van der Waals surface area contributed by atoms with Gasteiger partial charge in [-0.3, -0.25) is 14.7 Å². The summed E-state index contributed by atoms with van der Waals surface area (Å²) in [5, 5.41) is 3.25. The van der Waals surface area contributed by atoms with Crippen molar-refractivity contribution in [2.45, 2.75) is 43.8 Å². The summed E-state index contributed by atoms with van der Waals surface area (Å²) in [5.74, 6) is -2.31. The number of amides is 1. The highest BCUT2D eigenvalue weighted by atomic mass is 19.3. The highest BCUT2D eigenvalue weighted by Gasteiger charge is 2.43. The van der Waals surface area contributed by atoms with Gasteiger partial charge in [-0.2, -0.15) is 0 Å². The van der Waals surface area contributed by atoms with E-state index in [1.54, 1.807) is 6.20 Å². The van der Waals surface area contributed by atoms with Crippen LogP contribution < -0.4 is 5.32 Å². The fourth-order valence-corrected chi connectivity index (χ4v) is 4.60. The van der Waals surface area contributed by atoms with Crippen LogP contribution in [0.4, 0.5) is 8.78 Å². The van der Waals surface area contributed by atoms with Gasteiger partial charge in [-0.25, -0.2) is 18.7 Å². The first kappa shape index (κ1) is 19.4.